The van der Waals surface area contributed by atoms with E-state index in [0.717, 1.165) is 17.3 Å². The van der Waals surface area contributed by atoms with Gasteiger partial charge < -0.3 is 10.1 Å². The van der Waals surface area contributed by atoms with Crippen molar-refractivity contribution in [2.45, 2.75) is 31.6 Å². The lowest BCUT2D eigenvalue weighted by molar-refractivity contribution is -0.201. The Morgan fingerprint density at radius 3 is 2.46 bits per heavy atom. The lowest BCUT2D eigenvalue weighted by Crippen LogP contribution is -2.58. The average molecular weight is 509 g/mol. The summed E-state index contributed by atoms with van der Waals surface area (Å²) in [7, 11) is 1.55. The number of carbonyl (C=O) groups excluding carboxylic acids is 1. The summed E-state index contributed by atoms with van der Waals surface area (Å²) in [4.78, 5) is 13.3. The van der Waals surface area contributed by atoms with Gasteiger partial charge in [-0.05, 0) is 41.0 Å². The number of aryl methyl sites for hydroxylation is 1. The van der Waals surface area contributed by atoms with E-state index >= 15 is 0 Å². The minimum atomic E-state index is -4.84. The van der Waals surface area contributed by atoms with Gasteiger partial charge in [0.2, 0.25) is 5.82 Å². The Kier molecular flexibility index (Phi) is 6.02. The highest BCUT2D eigenvalue weighted by Crippen LogP contribution is 2.49. The first-order chi connectivity index (χ1) is 17.7. The summed E-state index contributed by atoms with van der Waals surface area (Å²) in [5.41, 5.74) is -0.599. The summed E-state index contributed by atoms with van der Waals surface area (Å²) in [5, 5.41) is 19.8. The highest BCUT2D eigenvalue weighted by molar-refractivity contribution is 6.27. The number of aromatic nitrogens is 6. The Bertz CT molecular complexity index is 1440. The number of nitrogens with zero attached hydrogens (tertiary/aromatic N) is 5. The van der Waals surface area contributed by atoms with Gasteiger partial charge in [-0.3, -0.25) is 9.48 Å². The number of benzene rings is 2. The van der Waals surface area contributed by atoms with E-state index in [9.17, 15) is 18.0 Å². The first kappa shape index (κ1) is 24.2. The smallest absolute Gasteiger partial charge is 0.416 e. The van der Waals surface area contributed by atoms with Crippen LogP contribution in [0.15, 0.2) is 60.9 Å². The van der Waals surface area contributed by atoms with Gasteiger partial charge in [-0.15, -0.1) is 10.2 Å². The van der Waals surface area contributed by atoms with Crippen LogP contribution in [0.4, 0.5) is 13.2 Å². The number of ether oxygens (including phenoxy) is 1. The second-order valence-electron chi connectivity index (χ2n) is 8.76. The van der Waals surface area contributed by atoms with E-state index in [1.54, 1.807) is 55.6 Å². The summed E-state index contributed by atoms with van der Waals surface area (Å²) in [6, 6.07) is 14.0. The van der Waals surface area contributed by atoms with Gasteiger partial charge in [-0.2, -0.15) is 23.5 Å². The maximum absolute atomic E-state index is 14.9. The number of carbonyl (C=O) groups is 1. The molecule has 2 aromatic heterocycles. The maximum Gasteiger partial charge on any atom is 0.416 e. The number of H-pyrrole nitrogens is 1. The number of hydrogen-bond donors (Lipinski definition) is 2. The molecule has 37 heavy (non-hydrogen) atoms. The van der Waals surface area contributed by atoms with E-state index in [1.165, 1.54) is 10.9 Å². The number of aromatic amines is 1. The zero-order valence-corrected chi connectivity index (χ0v) is 19.9. The van der Waals surface area contributed by atoms with Crippen molar-refractivity contribution in [1.29, 1.82) is 0 Å². The van der Waals surface area contributed by atoms with Crippen LogP contribution in [0.1, 0.15) is 34.5 Å². The number of amides is 1. The van der Waals surface area contributed by atoms with Gasteiger partial charge in [0.15, 0.2) is 5.54 Å². The Morgan fingerprint density at radius 1 is 1.11 bits per heavy atom. The predicted molar refractivity (Wildman–Crippen MR) is 127 cm³/mol. The summed E-state index contributed by atoms with van der Waals surface area (Å²) >= 11 is 0. The highest BCUT2D eigenvalue weighted by atomic mass is 19.4. The molecule has 0 bridgehead atoms. The second-order valence-corrected chi connectivity index (χ2v) is 8.76. The van der Waals surface area contributed by atoms with Gasteiger partial charge in [-0.1, -0.05) is 42.0 Å². The van der Waals surface area contributed by atoms with Crippen LogP contribution >= 0.6 is 0 Å². The van der Waals surface area contributed by atoms with E-state index in [2.05, 4.69) is 31.0 Å². The number of hydrogen-bond acceptors (Lipinski definition) is 6. The van der Waals surface area contributed by atoms with Gasteiger partial charge in [0.25, 0.3) is 5.91 Å². The molecule has 0 fully saturated rings. The molecule has 0 aliphatic carbocycles. The molecule has 0 radical (unpaired) electrons. The molecule has 1 unspecified atom stereocenters. The molecule has 0 spiro atoms. The number of rotatable bonds is 6. The van der Waals surface area contributed by atoms with Crippen molar-refractivity contribution in [2.75, 3.05) is 7.11 Å². The molecule has 3 heterocycles. The van der Waals surface area contributed by atoms with Crippen LogP contribution in [-0.2, 0) is 16.9 Å². The van der Waals surface area contributed by atoms with Crippen molar-refractivity contribution < 1.29 is 22.7 Å². The minimum Gasteiger partial charge on any atom is -0.497 e. The van der Waals surface area contributed by atoms with Crippen LogP contribution in [0.25, 0.3) is 11.1 Å². The summed E-state index contributed by atoms with van der Waals surface area (Å²) in [5.74, 6) is -0.374. The van der Waals surface area contributed by atoms with E-state index in [4.69, 9.17) is 4.74 Å². The topological polar surface area (TPSA) is 111 Å². The van der Waals surface area contributed by atoms with E-state index in [1.807, 2.05) is 6.92 Å². The van der Waals surface area contributed by atoms with Crippen LogP contribution < -0.4 is 10.1 Å². The van der Waals surface area contributed by atoms with Crippen molar-refractivity contribution in [1.82, 2.24) is 35.7 Å². The Hall–Kier alpha value is -4.48. The standard InChI is InChI=1S/C25H22F3N7O2/c1-15-3-7-17(8-4-15)20-11-24(25(26,27)28,30-23(36)21(20)22-31-33-34-32-22)18-12-29-35(14-18)13-16-5-9-19(37-2)10-6-16/h3-10,12,14H,11,13H2,1-2H3,(H,30,36)(H,31,32,33,34). The maximum atomic E-state index is 14.9. The Morgan fingerprint density at radius 2 is 1.84 bits per heavy atom. The number of tetrazole rings is 1. The number of alkyl halides is 3. The molecule has 9 nitrogen and oxygen atoms in total. The summed E-state index contributed by atoms with van der Waals surface area (Å²) in [6.45, 7) is 2.10. The number of halogens is 3. The number of methoxy groups -OCH3 is 1. The van der Waals surface area contributed by atoms with Crippen molar-refractivity contribution >= 4 is 17.1 Å². The van der Waals surface area contributed by atoms with Crippen molar-refractivity contribution in [3.63, 3.8) is 0 Å². The fourth-order valence-electron chi connectivity index (χ4n) is 4.39. The lowest BCUT2D eigenvalue weighted by Gasteiger charge is -2.40. The van der Waals surface area contributed by atoms with E-state index in [0.29, 0.717) is 11.3 Å². The number of nitrogens with one attached hydrogen (secondary N) is 2. The summed E-state index contributed by atoms with van der Waals surface area (Å²) in [6.07, 6.45) is -2.97. The van der Waals surface area contributed by atoms with Gasteiger partial charge in [-0.25, -0.2) is 0 Å². The first-order valence-corrected chi connectivity index (χ1v) is 11.3. The molecule has 1 aliphatic rings. The Balaban J connectivity index is 1.58. The fraction of sp³-hybridized carbons (Fsp3) is 0.240. The third-order valence-corrected chi connectivity index (χ3v) is 6.38. The zero-order chi connectivity index (χ0) is 26.2. The molecule has 5 rings (SSSR count). The average Bonchev–Trinajstić information content (AvgIpc) is 3.57. The van der Waals surface area contributed by atoms with Crippen molar-refractivity contribution in [2.24, 2.45) is 0 Å². The van der Waals surface area contributed by atoms with Gasteiger partial charge in [0.1, 0.15) is 5.75 Å². The molecule has 12 heteroatoms. The molecular weight excluding hydrogens is 487 g/mol. The molecule has 0 saturated carbocycles. The molecular formula is C25H22F3N7O2. The minimum absolute atomic E-state index is 0.0666. The molecule has 4 aromatic rings. The van der Waals surface area contributed by atoms with E-state index in [-0.39, 0.29) is 29.1 Å². The van der Waals surface area contributed by atoms with Gasteiger partial charge in [0, 0.05) is 18.2 Å². The molecule has 1 atom stereocenters. The third kappa shape index (κ3) is 4.46. The lowest BCUT2D eigenvalue weighted by atomic mass is 9.77. The van der Waals surface area contributed by atoms with Crippen molar-refractivity contribution in [3.8, 4) is 5.75 Å². The molecule has 2 N–H and O–H groups in total. The van der Waals surface area contributed by atoms with Crippen LogP contribution in [-0.4, -0.2) is 49.6 Å². The quantitative estimate of drug-likeness (QED) is 0.411. The largest absolute Gasteiger partial charge is 0.497 e. The fourth-order valence-corrected chi connectivity index (χ4v) is 4.39. The first-order valence-electron chi connectivity index (χ1n) is 11.3. The zero-order valence-electron chi connectivity index (χ0n) is 19.9. The van der Waals surface area contributed by atoms with Crippen LogP contribution in [0, 0.1) is 6.92 Å². The van der Waals surface area contributed by atoms with Gasteiger partial charge >= 0.3 is 6.18 Å². The SMILES string of the molecule is COc1ccc(Cn2cc(C3(C(F)(F)F)CC(c4ccc(C)cc4)=C(c4nn[nH]n4)C(=O)N3)cn2)cc1. The highest BCUT2D eigenvalue weighted by Gasteiger charge is 2.60. The van der Waals surface area contributed by atoms with Crippen LogP contribution in [0.3, 0.4) is 0 Å². The predicted octanol–water partition coefficient (Wildman–Crippen LogP) is 3.65. The monoisotopic (exact) mass is 509 g/mol. The molecule has 2 aromatic carbocycles. The van der Waals surface area contributed by atoms with Crippen LogP contribution in [0.2, 0.25) is 0 Å². The molecule has 0 saturated heterocycles. The van der Waals surface area contributed by atoms with Crippen LogP contribution in [0.5, 0.6) is 5.75 Å². The molecule has 190 valence electrons. The molecule has 1 aliphatic heterocycles. The normalized spacial score (nSPS) is 18.1. The van der Waals surface area contributed by atoms with Crippen molar-refractivity contribution in [3.05, 3.63) is 89.0 Å². The summed E-state index contributed by atoms with van der Waals surface area (Å²) < 4.78 is 51.1. The van der Waals surface area contributed by atoms with E-state index < -0.39 is 24.0 Å². The third-order valence-electron chi connectivity index (χ3n) is 6.38. The second kappa shape index (κ2) is 9.19. The van der Waals surface area contributed by atoms with Gasteiger partial charge in [0.05, 0.1) is 25.4 Å². The Labute approximate surface area is 209 Å². The molecule has 1 amide bonds.